The Morgan fingerprint density at radius 1 is 1.42 bits per heavy atom. The van der Waals surface area contributed by atoms with Gasteiger partial charge in [-0.3, -0.25) is 9.69 Å². The molecule has 0 saturated carbocycles. The van der Waals surface area contributed by atoms with Gasteiger partial charge >= 0.3 is 0 Å². The normalized spacial score (nSPS) is 21.3. The Morgan fingerprint density at radius 3 is 2.68 bits per heavy atom. The third-order valence-electron chi connectivity index (χ3n) is 4.21. The van der Waals surface area contributed by atoms with Crippen molar-refractivity contribution < 1.29 is 4.79 Å². The number of amides is 1. The quantitative estimate of drug-likeness (QED) is 0.831. The van der Waals surface area contributed by atoms with Gasteiger partial charge in [0.2, 0.25) is 5.91 Å². The van der Waals surface area contributed by atoms with Crippen molar-refractivity contribution in [2.24, 2.45) is 0 Å². The van der Waals surface area contributed by atoms with E-state index in [0.717, 1.165) is 26.1 Å². The topological polar surface area (TPSA) is 23.6 Å². The van der Waals surface area contributed by atoms with Gasteiger partial charge in [0.25, 0.3) is 0 Å². The summed E-state index contributed by atoms with van der Waals surface area (Å²) in [5, 5.41) is 0. The van der Waals surface area contributed by atoms with Crippen molar-refractivity contribution in [3.05, 3.63) is 35.9 Å². The van der Waals surface area contributed by atoms with E-state index < -0.39 is 0 Å². The summed E-state index contributed by atoms with van der Waals surface area (Å²) in [6, 6.07) is 11.4. The largest absolute Gasteiger partial charge is 0.339 e. The van der Waals surface area contributed by atoms with E-state index in [4.69, 9.17) is 0 Å². The molecule has 1 aliphatic heterocycles. The fraction of sp³-hybridized carbons (Fsp3) is 0.562. The van der Waals surface area contributed by atoms with Crippen molar-refractivity contribution in [2.45, 2.75) is 39.3 Å². The molecule has 2 unspecified atom stereocenters. The van der Waals surface area contributed by atoms with E-state index in [-0.39, 0.29) is 5.91 Å². The van der Waals surface area contributed by atoms with Crippen LogP contribution in [0.25, 0.3) is 0 Å². The number of rotatable bonds is 4. The van der Waals surface area contributed by atoms with Gasteiger partial charge < -0.3 is 4.90 Å². The van der Waals surface area contributed by atoms with Gasteiger partial charge in [-0.1, -0.05) is 30.3 Å². The SMILES string of the molecule is CCN(C(C)=O)C1CCN(C(C)c2ccccc2)C1. The summed E-state index contributed by atoms with van der Waals surface area (Å²) in [6.07, 6.45) is 1.09. The lowest BCUT2D eigenvalue weighted by atomic mass is 10.1. The first-order valence-electron chi connectivity index (χ1n) is 7.19. The van der Waals surface area contributed by atoms with Crippen LogP contribution in [0.15, 0.2) is 30.3 Å². The third kappa shape index (κ3) is 3.16. The van der Waals surface area contributed by atoms with Crippen molar-refractivity contribution >= 4 is 5.91 Å². The average Bonchev–Trinajstić information content (AvgIpc) is 2.89. The van der Waals surface area contributed by atoms with Gasteiger partial charge in [-0.05, 0) is 25.8 Å². The molecule has 104 valence electrons. The molecule has 0 bridgehead atoms. The molecular weight excluding hydrogens is 236 g/mol. The lowest BCUT2D eigenvalue weighted by molar-refractivity contribution is -0.130. The van der Waals surface area contributed by atoms with Crippen LogP contribution in [0, 0.1) is 0 Å². The molecule has 19 heavy (non-hydrogen) atoms. The zero-order chi connectivity index (χ0) is 13.8. The Balaban J connectivity index is 2.00. The number of hydrogen-bond acceptors (Lipinski definition) is 2. The minimum Gasteiger partial charge on any atom is -0.339 e. The number of carbonyl (C=O) groups excluding carboxylic acids is 1. The number of likely N-dealkylation sites (N-methyl/N-ethyl adjacent to an activating group) is 1. The highest BCUT2D eigenvalue weighted by atomic mass is 16.2. The highest BCUT2D eigenvalue weighted by molar-refractivity contribution is 5.73. The molecule has 3 nitrogen and oxygen atoms in total. The molecule has 0 radical (unpaired) electrons. The van der Waals surface area contributed by atoms with E-state index in [0.29, 0.717) is 12.1 Å². The molecule has 1 aromatic carbocycles. The second-order valence-corrected chi connectivity index (χ2v) is 5.33. The van der Waals surface area contributed by atoms with E-state index in [1.54, 1.807) is 6.92 Å². The van der Waals surface area contributed by atoms with Gasteiger partial charge in [0.1, 0.15) is 0 Å². The van der Waals surface area contributed by atoms with Crippen LogP contribution in [0.4, 0.5) is 0 Å². The highest BCUT2D eigenvalue weighted by Crippen LogP contribution is 2.26. The fourth-order valence-electron chi connectivity index (χ4n) is 3.05. The van der Waals surface area contributed by atoms with E-state index in [2.05, 4.69) is 49.1 Å². The smallest absolute Gasteiger partial charge is 0.219 e. The minimum atomic E-state index is 0.196. The first-order chi connectivity index (χ1) is 9.13. The molecule has 0 N–H and O–H groups in total. The summed E-state index contributed by atoms with van der Waals surface area (Å²) >= 11 is 0. The molecule has 1 aliphatic rings. The Labute approximate surface area is 116 Å². The molecule has 1 fully saturated rings. The molecule has 0 aliphatic carbocycles. The van der Waals surface area contributed by atoms with Gasteiger partial charge in [0.05, 0.1) is 0 Å². The second-order valence-electron chi connectivity index (χ2n) is 5.33. The summed E-state index contributed by atoms with van der Waals surface area (Å²) in [4.78, 5) is 16.1. The van der Waals surface area contributed by atoms with Gasteiger partial charge in [-0.25, -0.2) is 0 Å². The van der Waals surface area contributed by atoms with Gasteiger partial charge in [-0.2, -0.15) is 0 Å². The molecule has 0 aromatic heterocycles. The maximum absolute atomic E-state index is 11.6. The molecule has 1 amide bonds. The minimum absolute atomic E-state index is 0.196. The number of likely N-dealkylation sites (tertiary alicyclic amines) is 1. The molecule has 3 heteroatoms. The van der Waals surface area contributed by atoms with Crippen molar-refractivity contribution in [1.82, 2.24) is 9.80 Å². The fourth-order valence-corrected chi connectivity index (χ4v) is 3.05. The molecule has 2 rings (SSSR count). The first kappa shape index (κ1) is 14.1. The van der Waals surface area contributed by atoms with Crippen LogP contribution in [0.2, 0.25) is 0 Å². The maximum Gasteiger partial charge on any atom is 0.219 e. The van der Waals surface area contributed by atoms with Crippen LogP contribution in [0.5, 0.6) is 0 Å². The van der Waals surface area contributed by atoms with Gasteiger partial charge in [0, 0.05) is 38.6 Å². The van der Waals surface area contributed by atoms with Crippen LogP contribution in [0.3, 0.4) is 0 Å². The number of benzene rings is 1. The standard InChI is InChI=1S/C16H24N2O/c1-4-18(14(3)19)16-10-11-17(12-16)13(2)15-8-6-5-7-9-15/h5-9,13,16H,4,10-12H2,1-3H3. The number of hydrogen-bond donors (Lipinski definition) is 0. The Morgan fingerprint density at radius 2 is 2.11 bits per heavy atom. The van der Waals surface area contributed by atoms with Crippen LogP contribution >= 0.6 is 0 Å². The molecule has 2 atom stereocenters. The molecule has 0 spiro atoms. The second kappa shape index (κ2) is 6.20. The van der Waals surface area contributed by atoms with Crippen LogP contribution in [-0.2, 0) is 4.79 Å². The van der Waals surface area contributed by atoms with Crippen LogP contribution in [-0.4, -0.2) is 41.4 Å². The lowest BCUT2D eigenvalue weighted by Gasteiger charge is -2.29. The Hall–Kier alpha value is -1.35. The van der Waals surface area contributed by atoms with E-state index >= 15 is 0 Å². The number of nitrogens with zero attached hydrogens (tertiary/aromatic N) is 2. The molecule has 1 saturated heterocycles. The van der Waals surface area contributed by atoms with Gasteiger partial charge in [0.15, 0.2) is 0 Å². The molecular formula is C16H24N2O. The van der Waals surface area contributed by atoms with Crippen molar-refractivity contribution in [3.8, 4) is 0 Å². The molecule has 1 aromatic rings. The predicted molar refractivity (Wildman–Crippen MR) is 77.9 cm³/mol. The number of carbonyl (C=O) groups is 1. The van der Waals surface area contributed by atoms with Crippen molar-refractivity contribution in [1.29, 1.82) is 0 Å². The summed E-state index contributed by atoms with van der Waals surface area (Å²) in [6.45, 7) is 8.86. The molecule has 1 heterocycles. The highest BCUT2D eigenvalue weighted by Gasteiger charge is 2.30. The Kier molecular flexibility index (Phi) is 4.59. The van der Waals surface area contributed by atoms with Crippen LogP contribution < -0.4 is 0 Å². The Bertz CT molecular complexity index is 418. The lowest BCUT2D eigenvalue weighted by Crippen LogP contribution is -2.40. The van der Waals surface area contributed by atoms with E-state index in [9.17, 15) is 4.79 Å². The van der Waals surface area contributed by atoms with E-state index in [1.165, 1.54) is 5.56 Å². The van der Waals surface area contributed by atoms with Crippen molar-refractivity contribution in [2.75, 3.05) is 19.6 Å². The van der Waals surface area contributed by atoms with E-state index in [1.807, 2.05) is 4.90 Å². The zero-order valence-electron chi connectivity index (χ0n) is 12.2. The monoisotopic (exact) mass is 260 g/mol. The predicted octanol–water partition coefficient (Wildman–Crippen LogP) is 2.69. The maximum atomic E-state index is 11.6. The third-order valence-corrected chi connectivity index (χ3v) is 4.21. The van der Waals surface area contributed by atoms with Crippen LogP contribution in [0.1, 0.15) is 38.8 Å². The average molecular weight is 260 g/mol. The summed E-state index contributed by atoms with van der Waals surface area (Å²) in [5.41, 5.74) is 1.36. The van der Waals surface area contributed by atoms with Crippen molar-refractivity contribution in [3.63, 3.8) is 0 Å². The first-order valence-corrected chi connectivity index (χ1v) is 7.19. The summed E-state index contributed by atoms with van der Waals surface area (Å²) in [7, 11) is 0. The summed E-state index contributed by atoms with van der Waals surface area (Å²) < 4.78 is 0. The zero-order valence-corrected chi connectivity index (χ0v) is 12.2. The summed E-state index contributed by atoms with van der Waals surface area (Å²) in [5.74, 6) is 0.196. The van der Waals surface area contributed by atoms with Gasteiger partial charge in [-0.15, -0.1) is 0 Å².